The van der Waals surface area contributed by atoms with Crippen molar-refractivity contribution in [2.75, 3.05) is 11.9 Å². The van der Waals surface area contributed by atoms with Crippen LogP contribution < -0.4 is 10.1 Å². The summed E-state index contributed by atoms with van der Waals surface area (Å²) >= 11 is 6.69. The van der Waals surface area contributed by atoms with Gasteiger partial charge in [-0.2, -0.15) is 0 Å². The molecule has 1 fully saturated rings. The first kappa shape index (κ1) is 26.3. The van der Waals surface area contributed by atoms with Crippen molar-refractivity contribution >= 4 is 63.6 Å². The fraction of sp³-hybridized carbons (Fsp3) is 0.0417. The van der Waals surface area contributed by atoms with Gasteiger partial charge in [-0.25, -0.2) is 0 Å². The lowest BCUT2D eigenvalue weighted by atomic mass is 10.2. The Morgan fingerprint density at radius 1 is 1.03 bits per heavy atom. The maximum Gasteiger partial charge on any atom is 0.318 e. The van der Waals surface area contributed by atoms with Crippen LogP contribution in [0.4, 0.5) is 21.9 Å². The fourth-order valence-corrected chi connectivity index (χ4v) is 4.31. The zero-order chi connectivity index (χ0) is 27.4. The molecule has 192 valence electrons. The van der Waals surface area contributed by atoms with Crippen molar-refractivity contribution < 1.29 is 29.0 Å². The molecule has 3 aromatic rings. The molecule has 3 aromatic carbocycles. The highest BCUT2D eigenvalue weighted by atomic mass is 35.5. The number of hydrogen-bond donors (Lipinski definition) is 1. The Hall–Kier alpha value is -4.75. The van der Waals surface area contributed by atoms with E-state index in [0.717, 1.165) is 23.1 Å². The molecule has 0 aliphatic carbocycles. The number of para-hydroxylation sites is 1. The number of hydrogen-bond acceptors (Lipinski definition) is 9. The number of nitrogens with one attached hydrogen (secondary N) is 1. The van der Waals surface area contributed by atoms with Gasteiger partial charge in [-0.15, -0.1) is 0 Å². The number of thioether (sulfide) groups is 1. The smallest absolute Gasteiger partial charge is 0.318 e. The maximum atomic E-state index is 12.7. The molecule has 0 spiro atoms. The Labute approximate surface area is 223 Å². The van der Waals surface area contributed by atoms with Gasteiger partial charge in [0, 0.05) is 6.07 Å². The van der Waals surface area contributed by atoms with Gasteiger partial charge >= 0.3 is 5.69 Å². The summed E-state index contributed by atoms with van der Waals surface area (Å²) in [6.45, 7) is -0.492. The SMILES string of the molecule is O=C(CN1C(=O)S/C(=C/c2ccc(Oc3ccc([N+](=O)[O-])cc3[N+](=O)[O-])cc2)C1=O)Nc1ccccc1Cl. The number of nitro benzene ring substituents is 2. The molecule has 1 aliphatic rings. The normalized spacial score (nSPS) is 14.0. The van der Waals surface area contributed by atoms with Crippen LogP contribution in [0.3, 0.4) is 0 Å². The van der Waals surface area contributed by atoms with Gasteiger partial charge in [0.05, 0.1) is 31.5 Å². The molecule has 3 amide bonds. The molecule has 1 saturated heterocycles. The van der Waals surface area contributed by atoms with Crippen molar-refractivity contribution in [3.63, 3.8) is 0 Å². The fourth-order valence-electron chi connectivity index (χ4n) is 3.29. The van der Waals surface area contributed by atoms with Crippen LogP contribution in [0.2, 0.25) is 5.02 Å². The van der Waals surface area contributed by atoms with Crippen LogP contribution in [0.1, 0.15) is 5.56 Å². The first-order valence-electron chi connectivity index (χ1n) is 10.6. The van der Waals surface area contributed by atoms with Crippen LogP contribution >= 0.6 is 23.4 Å². The van der Waals surface area contributed by atoms with Gasteiger partial charge in [0.2, 0.25) is 11.7 Å². The van der Waals surface area contributed by atoms with Crippen LogP contribution in [-0.2, 0) is 9.59 Å². The molecule has 0 saturated carbocycles. The van der Waals surface area contributed by atoms with Gasteiger partial charge in [-0.3, -0.25) is 39.5 Å². The molecular weight excluding hydrogens is 540 g/mol. The lowest BCUT2D eigenvalue weighted by Gasteiger charge is -2.13. The third kappa shape index (κ3) is 5.96. The van der Waals surface area contributed by atoms with E-state index in [0.29, 0.717) is 28.0 Å². The second-order valence-electron chi connectivity index (χ2n) is 7.63. The minimum Gasteiger partial charge on any atom is -0.450 e. The summed E-state index contributed by atoms with van der Waals surface area (Å²) in [7, 11) is 0. The molecule has 0 atom stereocenters. The van der Waals surface area contributed by atoms with Crippen LogP contribution in [0, 0.1) is 20.2 Å². The molecule has 12 nitrogen and oxygen atoms in total. The van der Waals surface area contributed by atoms with Crippen LogP contribution in [0.15, 0.2) is 71.6 Å². The highest BCUT2D eigenvalue weighted by Gasteiger charge is 2.36. The van der Waals surface area contributed by atoms with E-state index in [1.807, 2.05) is 0 Å². The van der Waals surface area contributed by atoms with Crippen molar-refractivity contribution in [3.05, 3.63) is 102 Å². The Balaban J connectivity index is 1.44. The van der Waals surface area contributed by atoms with E-state index in [9.17, 15) is 34.6 Å². The summed E-state index contributed by atoms with van der Waals surface area (Å²) in [5.41, 5.74) is -0.158. The highest BCUT2D eigenvalue weighted by Crippen LogP contribution is 2.35. The zero-order valence-corrected chi connectivity index (χ0v) is 20.6. The maximum absolute atomic E-state index is 12.7. The molecule has 1 N–H and O–H groups in total. The number of nitro groups is 2. The molecule has 0 radical (unpaired) electrons. The summed E-state index contributed by atoms with van der Waals surface area (Å²) in [6, 6.07) is 15.6. The average Bonchev–Trinajstić information content (AvgIpc) is 3.13. The number of carbonyl (C=O) groups is 3. The first-order valence-corrected chi connectivity index (χ1v) is 11.8. The summed E-state index contributed by atoms with van der Waals surface area (Å²) in [5.74, 6) is -1.23. The molecule has 14 heteroatoms. The second kappa shape index (κ2) is 11.1. The van der Waals surface area contributed by atoms with Crippen molar-refractivity contribution in [3.8, 4) is 11.5 Å². The average molecular weight is 555 g/mol. The van der Waals surface area contributed by atoms with E-state index in [1.54, 1.807) is 36.4 Å². The number of rotatable bonds is 8. The Morgan fingerprint density at radius 3 is 2.39 bits per heavy atom. The summed E-state index contributed by atoms with van der Waals surface area (Å²) in [6.07, 6.45) is 1.45. The van der Waals surface area contributed by atoms with Crippen molar-refractivity contribution in [2.45, 2.75) is 0 Å². The van der Waals surface area contributed by atoms with Crippen molar-refractivity contribution in [1.29, 1.82) is 0 Å². The van der Waals surface area contributed by atoms with Gasteiger partial charge in [-0.1, -0.05) is 35.9 Å². The summed E-state index contributed by atoms with van der Waals surface area (Å²) < 4.78 is 5.51. The number of ether oxygens (including phenoxy) is 1. The Kier molecular flexibility index (Phi) is 7.69. The highest BCUT2D eigenvalue weighted by molar-refractivity contribution is 8.18. The van der Waals surface area contributed by atoms with Gasteiger partial charge in [0.1, 0.15) is 12.3 Å². The quantitative estimate of drug-likeness (QED) is 0.211. The number of benzene rings is 3. The first-order chi connectivity index (χ1) is 18.1. The molecule has 0 aromatic heterocycles. The number of carbonyl (C=O) groups excluding carboxylic acids is 3. The molecule has 1 aliphatic heterocycles. The van der Waals surface area contributed by atoms with Gasteiger partial charge in [-0.05, 0) is 53.7 Å². The third-order valence-corrected chi connectivity index (χ3v) is 6.32. The van der Waals surface area contributed by atoms with E-state index in [1.165, 1.54) is 18.2 Å². The number of halogens is 1. The minimum atomic E-state index is -0.790. The monoisotopic (exact) mass is 554 g/mol. The number of non-ortho nitro benzene ring substituents is 1. The Morgan fingerprint density at radius 2 is 1.74 bits per heavy atom. The van der Waals surface area contributed by atoms with Gasteiger partial charge in [0.15, 0.2) is 0 Å². The van der Waals surface area contributed by atoms with Gasteiger partial charge < -0.3 is 10.1 Å². The number of nitrogens with zero attached hydrogens (tertiary/aromatic N) is 3. The van der Waals surface area contributed by atoms with Crippen LogP contribution in [-0.4, -0.2) is 38.3 Å². The van der Waals surface area contributed by atoms with Crippen LogP contribution in [0.25, 0.3) is 6.08 Å². The van der Waals surface area contributed by atoms with E-state index in [2.05, 4.69) is 5.32 Å². The largest absolute Gasteiger partial charge is 0.450 e. The zero-order valence-electron chi connectivity index (χ0n) is 19.0. The number of imide groups is 1. The standard InChI is InChI=1S/C24H15ClN4O8S/c25-17-3-1-2-4-18(17)26-22(30)13-27-23(31)21(38-24(27)32)11-14-5-8-16(9-6-14)37-20-10-7-15(28(33)34)12-19(20)29(35)36/h1-12H,13H2,(H,26,30)/b21-11+. The van der Waals surface area contributed by atoms with E-state index in [4.69, 9.17) is 16.3 Å². The van der Waals surface area contributed by atoms with E-state index >= 15 is 0 Å². The molecule has 1 heterocycles. The third-order valence-electron chi connectivity index (χ3n) is 5.08. The predicted octanol–water partition coefficient (Wildman–Crippen LogP) is 5.62. The van der Waals surface area contributed by atoms with Crippen molar-refractivity contribution in [2.24, 2.45) is 0 Å². The number of anilines is 1. The summed E-state index contributed by atoms with van der Waals surface area (Å²) in [5, 5.41) is 24.4. The van der Waals surface area contributed by atoms with Crippen LogP contribution in [0.5, 0.6) is 11.5 Å². The predicted molar refractivity (Wildman–Crippen MR) is 139 cm³/mol. The van der Waals surface area contributed by atoms with E-state index in [-0.39, 0.29) is 16.4 Å². The van der Waals surface area contributed by atoms with E-state index < -0.39 is 44.8 Å². The molecule has 0 unspecified atom stereocenters. The summed E-state index contributed by atoms with van der Waals surface area (Å²) in [4.78, 5) is 59.0. The minimum absolute atomic E-state index is 0.0974. The van der Waals surface area contributed by atoms with Gasteiger partial charge in [0.25, 0.3) is 16.8 Å². The molecule has 4 rings (SSSR count). The topological polar surface area (TPSA) is 162 Å². The number of amides is 3. The lowest BCUT2D eigenvalue weighted by Crippen LogP contribution is -2.36. The lowest BCUT2D eigenvalue weighted by molar-refractivity contribution is -0.394. The van der Waals surface area contributed by atoms with Crippen molar-refractivity contribution in [1.82, 2.24) is 4.90 Å². The second-order valence-corrected chi connectivity index (χ2v) is 9.03. The molecule has 0 bridgehead atoms. The Bertz CT molecular complexity index is 1510. The molecule has 38 heavy (non-hydrogen) atoms. The molecular formula is C24H15ClN4O8S.